The number of nitrogens with zero attached hydrogens (tertiary/aromatic N) is 3. The fourth-order valence-electron chi connectivity index (χ4n) is 4.29. The average Bonchev–Trinajstić information content (AvgIpc) is 3.17. The summed E-state index contributed by atoms with van der Waals surface area (Å²) in [4.78, 5) is 30.0. The van der Waals surface area contributed by atoms with E-state index in [0.717, 1.165) is 31.2 Å². The number of urea groups is 1. The van der Waals surface area contributed by atoms with Gasteiger partial charge in [-0.1, -0.05) is 24.9 Å². The van der Waals surface area contributed by atoms with Crippen molar-refractivity contribution in [3.63, 3.8) is 0 Å². The normalized spacial score (nSPS) is 18.1. The number of amides is 2. The number of ether oxygens (including phenoxy) is 1. The standard InChI is InChI=1S/C24H34N4O5/c1-5-12-28(4)24(31)25-13-19-15(2)27-33-22(19)20-10-11-21(16(3)26-20)32-14-17-8-6-7-9-18(17)23(29)30/h10-11,17-18H,5-9,12-14H2,1-4H3,(H,25,31)(H,29,30)/t17-,18+/m1/s1. The smallest absolute Gasteiger partial charge is 0.317 e. The molecule has 0 aromatic carbocycles. The molecule has 2 aromatic heterocycles. The Bertz CT molecular complexity index is 974. The molecule has 0 bridgehead atoms. The molecular formula is C24H34N4O5. The van der Waals surface area contributed by atoms with Crippen LogP contribution in [0.3, 0.4) is 0 Å². The van der Waals surface area contributed by atoms with Gasteiger partial charge in [-0.2, -0.15) is 0 Å². The molecule has 2 heterocycles. The van der Waals surface area contributed by atoms with E-state index in [4.69, 9.17) is 9.26 Å². The van der Waals surface area contributed by atoms with E-state index in [1.807, 2.05) is 26.8 Å². The average molecular weight is 459 g/mol. The first-order chi connectivity index (χ1) is 15.8. The third-order valence-electron chi connectivity index (χ3n) is 6.26. The highest BCUT2D eigenvalue weighted by atomic mass is 16.5. The van der Waals surface area contributed by atoms with Gasteiger partial charge in [0.15, 0.2) is 5.76 Å². The van der Waals surface area contributed by atoms with Gasteiger partial charge in [-0.3, -0.25) is 4.79 Å². The Kier molecular flexibility index (Phi) is 8.30. The zero-order valence-corrected chi connectivity index (χ0v) is 19.9. The van der Waals surface area contributed by atoms with Crippen LogP contribution in [-0.2, 0) is 11.3 Å². The van der Waals surface area contributed by atoms with Gasteiger partial charge in [0.1, 0.15) is 11.4 Å². The van der Waals surface area contributed by atoms with Crippen LogP contribution in [0.15, 0.2) is 16.7 Å². The lowest BCUT2D eigenvalue weighted by Gasteiger charge is -2.28. The number of pyridine rings is 1. The van der Waals surface area contributed by atoms with Crippen LogP contribution in [-0.4, -0.2) is 52.3 Å². The second kappa shape index (κ2) is 11.2. The third-order valence-corrected chi connectivity index (χ3v) is 6.26. The lowest BCUT2D eigenvalue weighted by Crippen LogP contribution is -2.37. The molecule has 1 fully saturated rings. The van der Waals surface area contributed by atoms with E-state index in [2.05, 4.69) is 15.5 Å². The molecule has 33 heavy (non-hydrogen) atoms. The number of aryl methyl sites for hydroxylation is 2. The topological polar surface area (TPSA) is 118 Å². The highest BCUT2D eigenvalue weighted by molar-refractivity contribution is 5.74. The maximum absolute atomic E-state index is 12.2. The minimum Gasteiger partial charge on any atom is -0.491 e. The van der Waals surface area contributed by atoms with Crippen molar-refractivity contribution >= 4 is 12.0 Å². The zero-order chi connectivity index (χ0) is 24.0. The summed E-state index contributed by atoms with van der Waals surface area (Å²) in [5, 5.41) is 16.4. The van der Waals surface area contributed by atoms with Gasteiger partial charge in [0, 0.05) is 25.1 Å². The third kappa shape index (κ3) is 6.03. The first-order valence-electron chi connectivity index (χ1n) is 11.6. The van der Waals surface area contributed by atoms with Crippen molar-refractivity contribution in [2.45, 2.75) is 59.4 Å². The number of hydrogen-bond acceptors (Lipinski definition) is 6. The van der Waals surface area contributed by atoms with Crippen molar-refractivity contribution in [3.8, 4) is 17.2 Å². The minimum atomic E-state index is -0.741. The Labute approximate surface area is 194 Å². The van der Waals surface area contributed by atoms with Crippen LogP contribution < -0.4 is 10.1 Å². The maximum atomic E-state index is 12.2. The molecule has 1 aliphatic rings. The number of nitrogens with one attached hydrogen (secondary N) is 1. The molecule has 2 amide bonds. The molecule has 0 saturated heterocycles. The molecule has 0 spiro atoms. The summed E-state index contributed by atoms with van der Waals surface area (Å²) >= 11 is 0. The van der Waals surface area contributed by atoms with Crippen LogP contribution in [0, 0.1) is 25.7 Å². The maximum Gasteiger partial charge on any atom is 0.317 e. The van der Waals surface area contributed by atoms with Crippen LogP contribution in [0.5, 0.6) is 5.75 Å². The van der Waals surface area contributed by atoms with E-state index >= 15 is 0 Å². The highest BCUT2D eigenvalue weighted by Gasteiger charge is 2.31. The number of carbonyl (C=O) groups excluding carboxylic acids is 1. The largest absolute Gasteiger partial charge is 0.491 e. The summed E-state index contributed by atoms with van der Waals surface area (Å²) in [6, 6.07) is 3.47. The predicted molar refractivity (Wildman–Crippen MR) is 123 cm³/mol. The molecule has 0 unspecified atom stereocenters. The molecule has 2 N–H and O–H groups in total. The van der Waals surface area contributed by atoms with Gasteiger partial charge in [-0.05, 0) is 45.2 Å². The highest BCUT2D eigenvalue weighted by Crippen LogP contribution is 2.32. The molecule has 1 saturated carbocycles. The van der Waals surface area contributed by atoms with Crippen LogP contribution >= 0.6 is 0 Å². The fraction of sp³-hybridized carbons (Fsp3) is 0.583. The Morgan fingerprint density at radius 2 is 2.00 bits per heavy atom. The molecule has 2 aromatic rings. The summed E-state index contributed by atoms with van der Waals surface area (Å²) in [6.07, 6.45) is 4.44. The Balaban J connectivity index is 1.68. The number of carboxylic acid groups (broad SMARTS) is 1. The molecule has 1 aliphatic carbocycles. The molecule has 3 rings (SSSR count). The van der Waals surface area contributed by atoms with Gasteiger partial charge in [-0.15, -0.1) is 0 Å². The molecule has 180 valence electrons. The second-order valence-electron chi connectivity index (χ2n) is 8.74. The fourth-order valence-corrected chi connectivity index (χ4v) is 4.29. The molecular weight excluding hydrogens is 424 g/mol. The summed E-state index contributed by atoms with van der Waals surface area (Å²) in [5.74, 6) is 0.0557. The van der Waals surface area contributed by atoms with Gasteiger partial charge in [0.2, 0.25) is 0 Å². The van der Waals surface area contributed by atoms with Crippen molar-refractivity contribution in [2.24, 2.45) is 11.8 Å². The predicted octanol–water partition coefficient (Wildman–Crippen LogP) is 4.17. The summed E-state index contributed by atoms with van der Waals surface area (Å²) in [7, 11) is 1.76. The molecule has 0 radical (unpaired) electrons. The van der Waals surface area contributed by atoms with Crippen LogP contribution in [0.25, 0.3) is 11.5 Å². The number of carboxylic acids is 1. The Morgan fingerprint density at radius 3 is 2.70 bits per heavy atom. The van der Waals surface area contributed by atoms with Gasteiger partial charge in [-0.25, -0.2) is 9.78 Å². The first kappa shape index (κ1) is 24.5. The van der Waals surface area contributed by atoms with Crippen LogP contribution in [0.4, 0.5) is 4.79 Å². The number of carbonyl (C=O) groups is 2. The Morgan fingerprint density at radius 1 is 1.24 bits per heavy atom. The Hall–Kier alpha value is -3.10. The van der Waals surface area contributed by atoms with Gasteiger partial charge in [0.25, 0.3) is 0 Å². The summed E-state index contributed by atoms with van der Waals surface area (Å²) < 4.78 is 11.5. The van der Waals surface area contributed by atoms with Gasteiger partial charge in [0.05, 0.1) is 30.5 Å². The van der Waals surface area contributed by atoms with Gasteiger partial charge < -0.3 is 24.6 Å². The number of hydrogen-bond donors (Lipinski definition) is 2. The number of aliphatic carboxylic acids is 1. The second-order valence-corrected chi connectivity index (χ2v) is 8.74. The molecule has 0 aliphatic heterocycles. The SMILES string of the molecule is CCCN(C)C(=O)NCc1c(C)noc1-c1ccc(OC[C@H]2CCCC[C@@H]2C(=O)O)c(C)n1. The summed E-state index contributed by atoms with van der Waals surface area (Å²) in [6.45, 7) is 7.03. The molecule has 2 atom stereocenters. The van der Waals surface area contributed by atoms with Crippen LogP contribution in [0.2, 0.25) is 0 Å². The lowest BCUT2D eigenvalue weighted by atomic mass is 9.80. The van der Waals surface area contributed by atoms with Crippen molar-refractivity contribution in [1.29, 1.82) is 0 Å². The van der Waals surface area contributed by atoms with E-state index in [1.165, 1.54) is 0 Å². The first-order valence-corrected chi connectivity index (χ1v) is 11.6. The number of aromatic nitrogens is 2. The van der Waals surface area contributed by atoms with Crippen LogP contribution in [0.1, 0.15) is 56.0 Å². The lowest BCUT2D eigenvalue weighted by molar-refractivity contribution is -0.145. The quantitative estimate of drug-likeness (QED) is 0.579. The van der Waals surface area contributed by atoms with Crippen molar-refractivity contribution in [2.75, 3.05) is 20.2 Å². The van der Waals surface area contributed by atoms with Crippen molar-refractivity contribution < 1.29 is 24.0 Å². The van der Waals surface area contributed by atoms with Crippen molar-refractivity contribution in [1.82, 2.24) is 20.4 Å². The van der Waals surface area contributed by atoms with E-state index in [-0.39, 0.29) is 24.4 Å². The van der Waals surface area contributed by atoms with E-state index in [9.17, 15) is 14.7 Å². The van der Waals surface area contributed by atoms with E-state index in [0.29, 0.717) is 48.2 Å². The monoisotopic (exact) mass is 458 g/mol. The van der Waals surface area contributed by atoms with E-state index in [1.54, 1.807) is 18.0 Å². The molecule has 9 nitrogen and oxygen atoms in total. The van der Waals surface area contributed by atoms with Crippen molar-refractivity contribution in [3.05, 3.63) is 29.1 Å². The summed E-state index contributed by atoms with van der Waals surface area (Å²) in [5.41, 5.74) is 2.76. The van der Waals surface area contributed by atoms with Gasteiger partial charge >= 0.3 is 12.0 Å². The number of rotatable bonds is 9. The molecule has 9 heteroatoms. The zero-order valence-electron chi connectivity index (χ0n) is 19.9. The minimum absolute atomic E-state index is 0.00769. The van der Waals surface area contributed by atoms with E-state index < -0.39 is 5.97 Å².